The highest BCUT2D eigenvalue weighted by atomic mass is 16.6. The predicted octanol–water partition coefficient (Wildman–Crippen LogP) is 3.45. The molecule has 2 heterocycles. The number of likely N-dealkylation sites (tertiary alicyclic amines) is 1. The van der Waals surface area contributed by atoms with E-state index in [9.17, 15) is 19.7 Å². The molecule has 0 radical (unpaired) electrons. The Bertz CT molecular complexity index is 1240. The summed E-state index contributed by atoms with van der Waals surface area (Å²) in [7, 11) is 3.38. The van der Waals surface area contributed by atoms with Crippen LogP contribution in [0.3, 0.4) is 0 Å². The number of aryl methyl sites for hydroxylation is 1. The van der Waals surface area contributed by atoms with Crippen molar-refractivity contribution in [2.75, 3.05) is 13.7 Å². The average molecular weight is 466 g/mol. The number of nitrogens with zero attached hydrogens (tertiary/aromatic N) is 3. The molecule has 2 aromatic carbocycles. The number of carbonyl (C=O) groups excluding carboxylic acids is 2. The van der Waals surface area contributed by atoms with Gasteiger partial charge in [0.25, 0.3) is 0 Å². The minimum absolute atomic E-state index is 0.0969. The number of ether oxygens (including phenoxy) is 2. The van der Waals surface area contributed by atoms with Gasteiger partial charge in [-0.3, -0.25) is 14.9 Å². The third-order valence-electron chi connectivity index (χ3n) is 6.51. The quantitative estimate of drug-likeness (QED) is 0.314. The first kappa shape index (κ1) is 23.3. The number of benzene rings is 2. The topological polar surface area (TPSA) is 104 Å². The molecule has 9 nitrogen and oxygen atoms in total. The molecule has 3 aromatic rings. The zero-order valence-corrected chi connectivity index (χ0v) is 19.5. The summed E-state index contributed by atoms with van der Waals surface area (Å²) < 4.78 is 12.4. The van der Waals surface area contributed by atoms with Crippen molar-refractivity contribution < 1.29 is 24.0 Å². The van der Waals surface area contributed by atoms with Crippen molar-refractivity contribution in [2.24, 2.45) is 7.05 Å². The molecule has 1 fully saturated rings. The number of esters is 1. The number of amides is 1. The molecular weight excluding hydrogens is 438 g/mol. The second-order valence-corrected chi connectivity index (χ2v) is 8.36. The maximum absolute atomic E-state index is 13.3. The van der Waals surface area contributed by atoms with E-state index in [-0.39, 0.29) is 11.5 Å². The first-order valence-electron chi connectivity index (χ1n) is 11.1. The summed E-state index contributed by atoms with van der Waals surface area (Å²) in [4.78, 5) is 39.8. The van der Waals surface area contributed by atoms with Crippen LogP contribution < -0.4 is 4.74 Å². The van der Waals surface area contributed by atoms with Crippen LogP contribution in [-0.2, 0) is 21.4 Å². The largest absolute Gasteiger partial charge is 0.497 e. The standard InChI is InChI=1S/C25H27N3O6/c1-5-34-25(30)24-21(19-14-26(3)20-9-7-6-8-18(19)20)23(28(31)32)22(27(24)15(2)29)16-10-12-17(33-4)13-11-16/h6-14,21-24H,5H2,1-4H3/t21-,22+,23+,24+/m1/s1. The highest BCUT2D eigenvalue weighted by molar-refractivity contribution is 5.90. The van der Waals surface area contributed by atoms with Crippen molar-refractivity contribution in [3.05, 3.63) is 76.0 Å². The van der Waals surface area contributed by atoms with Gasteiger partial charge in [0.15, 0.2) is 0 Å². The van der Waals surface area contributed by atoms with Crippen molar-refractivity contribution in [1.29, 1.82) is 0 Å². The van der Waals surface area contributed by atoms with Gasteiger partial charge in [-0.05, 0) is 36.2 Å². The molecule has 0 N–H and O–H groups in total. The van der Waals surface area contributed by atoms with Crippen molar-refractivity contribution in [2.45, 2.75) is 37.9 Å². The summed E-state index contributed by atoms with van der Waals surface area (Å²) in [6, 6.07) is 10.9. The zero-order valence-electron chi connectivity index (χ0n) is 19.5. The monoisotopic (exact) mass is 465 g/mol. The molecule has 1 aromatic heterocycles. The molecule has 0 saturated carbocycles. The Morgan fingerprint density at radius 2 is 1.79 bits per heavy atom. The van der Waals surface area contributed by atoms with Gasteiger partial charge in [-0.15, -0.1) is 0 Å². The zero-order chi connectivity index (χ0) is 24.6. The highest BCUT2D eigenvalue weighted by Gasteiger charge is 2.61. The van der Waals surface area contributed by atoms with Crippen LogP contribution in [-0.4, -0.2) is 52.1 Å². The summed E-state index contributed by atoms with van der Waals surface area (Å²) in [5.41, 5.74) is 2.07. The summed E-state index contributed by atoms with van der Waals surface area (Å²) in [6.07, 6.45) is 1.81. The second kappa shape index (κ2) is 9.17. The smallest absolute Gasteiger partial charge is 0.329 e. The lowest BCUT2D eigenvalue weighted by atomic mass is 9.85. The fourth-order valence-corrected chi connectivity index (χ4v) is 5.17. The van der Waals surface area contributed by atoms with Gasteiger partial charge in [0.1, 0.15) is 17.8 Å². The number of para-hydroxylation sites is 1. The van der Waals surface area contributed by atoms with Crippen molar-refractivity contribution in [3.63, 3.8) is 0 Å². The number of hydrogen-bond acceptors (Lipinski definition) is 6. The first-order chi connectivity index (χ1) is 16.3. The number of nitro groups is 1. The van der Waals surface area contributed by atoms with Crippen LogP contribution in [0.15, 0.2) is 54.7 Å². The summed E-state index contributed by atoms with van der Waals surface area (Å²) in [5, 5.41) is 13.4. The lowest BCUT2D eigenvalue weighted by molar-refractivity contribution is -0.528. The van der Waals surface area contributed by atoms with Crippen LogP contribution in [0.5, 0.6) is 5.75 Å². The Morgan fingerprint density at radius 1 is 1.12 bits per heavy atom. The Morgan fingerprint density at radius 3 is 2.38 bits per heavy atom. The second-order valence-electron chi connectivity index (χ2n) is 8.36. The van der Waals surface area contributed by atoms with Gasteiger partial charge >= 0.3 is 5.97 Å². The van der Waals surface area contributed by atoms with Gasteiger partial charge in [0.2, 0.25) is 11.9 Å². The first-order valence-corrected chi connectivity index (χ1v) is 11.1. The van der Waals surface area contributed by atoms with E-state index < -0.39 is 35.9 Å². The van der Waals surface area contributed by atoms with E-state index in [2.05, 4.69) is 0 Å². The van der Waals surface area contributed by atoms with E-state index in [0.717, 1.165) is 10.9 Å². The fraction of sp³-hybridized carbons (Fsp3) is 0.360. The molecule has 178 valence electrons. The average Bonchev–Trinajstić information content (AvgIpc) is 3.35. The predicted molar refractivity (Wildman–Crippen MR) is 125 cm³/mol. The van der Waals surface area contributed by atoms with Crippen LogP contribution >= 0.6 is 0 Å². The molecule has 0 unspecified atom stereocenters. The van der Waals surface area contributed by atoms with Gasteiger partial charge in [-0.2, -0.15) is 0 Å². The Labute approximate surface area is 197 Å². The third kappa shape index (κ3) is 3.76. The van der Waals surface area contributed by atoms with E-state index in [1.54, 1.807) is 31.2 Å². The molecule has 34 heavy (non-hydrogen) atoms. The van der Waals surface area contributed by atoms with Crippen LogP contribution in [0.25, 0.3) is 10.9 Å². The maximum Gasteiger partial charge on any atom is 0.329 e. The Hall–Kier alpha value is -3.88. The number of carbonyl (C=O) groups is 2. The van der Waals surface area contributed by atoms with Crippen LogP contribution in [0.2, 0.25) is 0 Å². The molecule has 1 aliphatic heterocycles. The van der Waals surface area contributed by atoms with Gasteiger partial charge in [-0.25, -0.2) is 4.79 Å². The van der Waals surface area contributed by atoms with Crippen LogP contribution in [0, 0.1) is 10.1 Å². The lowest BCUT2D eigenvalue weighted by Crippen LogP contribution is -2.43. The molecular formula is C25H27N3O6. The van der Waals surface area contributed by atoms with Gasteiger partial charge < -0.3 is 18.9 Å². The van der Waals surface area contributed by atoms with E-state index in [4.69, 9.17) is 9.47 Å². The van der Waals surface area contributed by atoms with Crippen LogP contribution in [0.1, 0.15) is 36.9 Å². The number of fused-ring (bicyclic) bond motifs is 1. The van der Waals surface area contributed by atoms with E-state index in [0.29, 0.717) is 16.9 Å². The molecule has 1 aliphatic rings. The molecule has 4 atom stereocenters. The molecule has 0 bridgehead atoms. The van der Waals surface area contributed by atoms with Gasteiger partial charge in [0.05, 0.1) is 19.6 Å². The SMILES string of the molecule is CCOC(=O)[C@@H]1[C@H](c2cn(C)c3ccccc23)[C@H]([N+](=O)[O-])[C@H](c2ccc(OC)cc2)N1C(C)=O. The summed E-state index contributed by atoms with van der Waals surface area (Å²) in [6.45, 7) is 3.09. The molecule has 1 saturated heterocycles. The maximum atomic E-state index is 13.3. The molecule has 1 amide bonds. The van der Waals surface area contributed by atoms with E-state index in [1.807, 2.05) is 42.1 Å². The minimum Gasteiger partial charge on any atom is -0.497 e. The van der Waals surface area contributed by atoms with Gasteiger partial charge in [0, 0.05) is 36.0 Å². The highest BCUT2D eigenvalue weighted by Crippen LogP contribution is 2.49. The summed E-state index contributed by atoms with van der Waals surface area (Å²) >= 11 is 0. The molecule has 9 heteroatoms. The number of rotatable bonds is 6. The van der Waals surface area contributed by atoms with Crippen molar-refractivity contribution in [1.82, 2.24) is 9.47 Å². The number of hydrogen-bond donors (Lipinski definition) is 0. The molecule has 0 spiro atoms. The van der Waals surface area contributed by atoms with E-state index >= 15 is 0 Å². The molecule has 4 rings (SSSR count). The normalized spacial score (nSPS) is 22.1. The van der Waals surface area contributed by atoms with Gasteiger partial charge in [-0.1, -0.05) is 30.3 Å². The molecule has 0 aliphatic carbocycles. The third-order valence-corrected chi connectivity index (χ3v) is 6.51. The Balaban J connectivity index is 1.98. The Kier molecular flexibility index (Phi) is 6.28. The summed E-state index contributed by atoms with van der Waals surface area (Å²) in [5.74, 6) is -1.41. The number of aromatic nitrogens is 1. The lowest BCUT2D eigenvalue weighted by Gasteiger charge is -2.28. The van der Waals surface area contributed by atoms with Crippen LogP contribution in [0.4, 0.5) is 0 Å². The minimum atomic E-state index is -1.27. The number of methoxy groups -OCH3 is 1. The fourth-order valence-electron chi connectivity index (χ4n) is 5.17. The van der Waals surface area contributed by atoms with Crippen molar-refractivity contribution in [3.8, 4) is 5.75 Å². The van der Waals surface area contributed by atoms with E-state index in [1.165, 1.54) is 18.9 Å². The van der Waals surface area contributed by atoms with Crippen molar-refractivity contribution >= 4 is 22.8 Å².